The Kier molecular flexibility index (Phi) is 5.53. The zero-order chi connectivity index (χ0) is 9.56. The van der Waals surface area contributed by atoms with Gasteiger partial charge in [-0.1, -0.05) is 12.1 Å². The predicted octanol–water partition coefficient (Wildman–Crippen LogP) is 0.909. The summed E-state index contributed by atoms with van der Waals surface area (Å²) in [5.41, 5.74) is 0. The van der Waals surface area contributed by atoms with Crippen LogP contribution in [0.2, 0.25) is 0 Å². The average molecular weight is 190 g/mol. The standard InChI is InChI=1S/C7H14N2O2S/c1-4-12-7(9-11)5(2)6(10)8-3/h5,11H,4H2,1-3H3,(H,8,10). The van der Waals surface area contributed by atoms with Crippen LogP contribution in [0.1, 0.15) is 13.8 Å². The monoisotopic (exact) mass is 190 g/mol. The summed E-state index contributed by atoms with van der Waals surface area (Å²) >= 11 is 1.37. The number of oxime groups is 1. The number of rotatable bonds is 3. The van der Waals surface area contributed by atoms with Gasteiger partial charge in [0.05, 0.1) is 5.92 Å². The van der Waals surface area contributed by atoms with E-state index >= 15 is 0 Å². The molecule has 4 nitrogen and oxygen atoms in total. The van der Waals surface area contributed by atoms with Crippen molar-refractivity contribution in [3.05, 3.63) is 0 Å². The summed E-state index contributed by atoms with van der Waals surface area (Å²) in [5.74, 6) is 0.287. The van der Waals surface area contributed by atoms with E-state index in [2.05, 4.69) is 10.5 Å². The first kappa shape index (κ1) is 11.3. The van der Waals surface area contributed by atoms with E-state index in [1.54, 1.807) is 14.0 Å². The molecule has 0 saturated heterocycles. The molecule has 2 N–H and O–H groups in total. The van der Waals surface area contributed by atoms with Gasteiger partial charge in [-0.25, -0.2) is 0 Å². The van der Waals surface area contributed by atoms with Gasteiger partial charge in [-0.05, 0) is 12.7 Å². The molecule has 0 aliphatic rings. The van der Waals surface area contributed by atoms with Gasteiger partial charge in [0.2, 0.25) is 5.91 Å². The lowest BCUT2D eigenvalue weighted by Gasteiger charge is -2.09. The lowest BCUT2D eigenvalue weighted by molar-refractivity contribution is -0.122. The molecule has 0 aromatic carbocycles. The van der Waals surface area contributed by atoms with Crippen molar-refractivity contribution in [2.45, 2.75) is 13.8 Å². The maximum atomic E-state index is 11.1. The van der Waals surface area contributed by atoms with Gasteiger partial charge in [0.25, 0.3) is 0 Å². The Morgan fingerprint density at radius 1 is 1.75 bits per heavy atom. The summed E-state index contributed by atoms with van der Waals surface area (Å²) in [7, 11) is 1.56. The maximum absolute atomic E-state index is 11.1. The fourth-order valence-electron chi connectivity index (χ4n) is 0.717. The van der Waals surface area contributed by atoms with Crippen molar-refractivity contribution in [1.82, 2.24) is 5.32 Å². The van der Waals surface area contributed by atoms with Crippen LogP contribution in [0, 0.1) is 5.92 Å². The number of carbonyl (C=O) groups excluding carboxylic acids is 1. The van der Waals surface area contributed by atoms with Crippen molar-refractivity contribution in [1.29, 1.82) is 0 Å². The molecule has 0 bridgehead atoms. The molecule has 1 amide bonds. The second-order valence-corrected chi connectivity index (χ2v) is 3.49. The number of thioether (sulfide) groups is 1. The molecule has 5 heteroatoms. The van der Waals surface area contributed by atoms with E-state index < -0.39 is 0 Å². The van der Waals surface area contributed by atoms with Gasteiger partial charge in [-0.3, -0.25) is 4.79 Å². The zero-order valence-electron chi connectivity index (χ0n) is 7.50. The third kappa shape index (κ3) is 3.13. The molecular weight excluding hydrogens is 176 g/mol. The largest absolute Gasteiger partial charge is 0.410 e. The van der Waals surface area contributed by atoms with Gasteiger partial charge in [0.15, 0.2) is 0 Å². The molecule has 0 aromatic rings. The van der Waals surface area contributed by atoms with Crippen molar-refractivity contribution >= 4 is 22.7 Å². The van der Waals surface area contributed by atoms with E-state index in [1.165, 1.54) is 11.8 Å². The van der Waals surface area contributed by atoms with E-state index in [4.69, 9.17) is 5.21 Å². The minimum absolute atomic E-state index is 0.135. The molecule has 12 heavy (non-hydrogen) atoms. The molecule has 0 radical (unpaired) electrons. The van der Waals surface area contributed by atoms with Crippen LogP contribution in [0.3, 0.4) is 0 Å². The summed E-state index contributed by atoms with van der Waals surface area (Å²) in [6.07, 6.45) is 0. The molecule has 70 valence electrons. The first-order valence-electron chi connectivity index (χ1n) is 3.73. The van der Waals surface area contributed by atoms with Gasteiger partial charge in [0, 0.05) is 7.05 Å². The van der Waals surface area contributed by atoms with Crippen molar-refractivity contribution in [3.8, 4) is 0 Å². The van der Waals surface area contributed by atoms with E-state index in [9.17, 15) is 4.79 Å². The summed E-state index contributed by atoms with van der Waals surface area (Å²) in [4.78, 5) is 11.1. The van der Waals surface area contributed by atoms with Gasteiger partial charge in [0.1, 0.15) is 5.04 Å². The topological polar surface area (TPSA) is 61.7 Å². The molecule has 0 heterocycles. The molecular formula is C7H14N2O2S. The van der Waals surface area contributed by atoms with E-state index in [0.29, 0.717) is 5.04 Å². The number of hydrogen-bond donors (Lipinski definition) is 2. The Labute approximate surface area is 76.4 Å². The van der Waals surface area contributed by atoms with Crippen LogP contribution in [-0.2, 0) is 4.79 Å². The van der Waals surface area contributed by atoms with Crippen molar-refractivity contribution in [3.63, 3.8) is 0 Å². The third-order valence-electron chi connectivity index (χ3n) is 1.40. The summed E-state index contributed by atoms with van der Waals surface area (Å²) in [6, 6.07) is 0. The Hall–Kier alpha value is -0.710. The first-order chi connectivity index (χ1) is 5.67. The molecule has 0 rings (SSSR count). The van der Waals surface area contributed by atoms with Crippen LogP contribution in [0.5, 0.6) is 0 Å². The van der Waals surface area contributed by atoms with Crippen LogP contribution in [0.25, 0.3) is 0 Å². The van der Waals surface area contributed by atoms with Crippen LogP contribution in [-0.4, -0.2) is 29.0 Å². The fraction of sp³-hybridized carbons (Fsp3) is 0.714. The van der Waals surface area contributed by atoms with Gasteiger partial charge < -0.3 is 10.5 Å². The lowest BCUT2D eigenvalue weighted by atomic mass is 10.2. The third-order valence-corrected chi connectivity index (χ3v) is 2.42. The molecule has 0 spiro atoms. The van der Waals surface area contributed by atoms with Gasteiger partial charge >= 0.3 is 0 Å². The number of nitrogens with zero attached hydrogens (tertiary/aromatic N) is 1. The number of carbonyl (C=O) groups is 1. The molecule has 0 fully saturated rings. The van der Waals surface area contributed by atoms with Crippen LogP contribution < -0.4 is 5.32 Å². The highest BCUT2D eigenvalue weighted by atomic mass is 32.2. The highest BCUT2D eigenvalue weighted by molar-refractivity contribution is 8.14. The molecule has 1 unspecified atom stereocenters. The van der Waals surface area contributed by atoms with Crippen molar-refractivity contribution in [2.75, 3.05) is 12.8 Å². The lowest BCUT2D eigenvalue weighted by Crippen LogP contribution is -2.29. The van der Waals surface area contributed by atoms with Crippen LogP contribution in [0.4, 0.5) is 0 Å². The van der Waals surface area contributed by atoms with Crippen molar-refractivity contribution in [2.24, 2.45) is 11.1 Å². The van der Waals surface area contributed by atoms with Gasteiger partial charge in [-0.15, -0.1) is 11.8 Å². The Bertz CT molecular complexity index is 182. The Morgan fingerprint density at radius 3 is 2.67 bits per heavy atom. The number of amides is 1. The van der Waals surface area contributed by atoms with Crippen LogP contribution >= 0.6 is 11.8 Å². The zero-order valence-corrected chi connectivity index (χ0v) is 8.31. The average Bonchev–Trinajstić information content (AvgIpc) is 2.11. The highest BCUT2D eigenvalue weighted by Crippen LogP contribution is 2.12. The number of nitrogens with one attached hydrogen (secondary N) is 1. The van der Waals surface area contributed by atoms with E-state index in [0.717, 1.165) is 5.75 Å². The summed E-state index contributed by atoms with van der Waals surface area (Å²) in [5, 5.41) is 14.6. The normalized spacial score (nSPS) is 14.1. The molecule has 0 aliphatic heterocycles. The highest BCUT2D eigenvalue weighted by Gasteiger charge is 2.18. The SMILES string of the molecule is CCSC(=NO)C(C)C(=O)NC. The fourth-order valence-corrected chi connectivity index (χ4v) is 1.43. The minimum Gasteiger partial charge on any atom is -0.410 e. The van der Waals surface area contributed by atoms with Crippen LogP contribution in [0.15, 0.2) is 5.16 Å². The Morgan fingerprint density at radius 2 is 2.33 bits per heavy atom. The van der Waals surface area contributed by atoms with Crippen molar-refractivity contribution < 1.29 is 10.0 Å². The maximum Gasteiger partial charge on any atom is 0.229 e. The quantitative estimate of drug-likeness (QED) is 0.301. The Balaban J connectivity index is 4.22. The van der Waals surface area contributed by atoms with Gasteiger partial charge in [-0.2, -0.15) is 0 Å². The number of hydrogen-bond acceptors (Lipinski definition) is 4. The molecule has 0 saturated carbocycles. The predicted molar refractivity (Wildman–Crippen MR) is 50.6 cm³/mol. The molecule has 0 aliphatic carbocycles. The van der Waals surface area contributed by atoms with E-state index in [-0.39, 0.29) is 11.8 Å². The first-order valence-corrected chi connectivity index (χ1v) is 4.72. The smallest absolute Gasteiger partial charge is 0.229 e. The second kappa shape index (κ2) is 5.88. The molecule has 1 atom stereocenters. The molecule has 0 aromatic heterocycles. The van der Waals surface area contributed by atoms with E-state index in [1.807, 2.05) is 6.92 Å². The summed E-state index contributed by atoms with van der Waals surface area (Å²) in [6.45, 7) is 3.64. The second-order valence-electron chi connectivity index (χ2n) is 2.21. The minimum atomic E-state index is -0.370. The summed E-state index contributed by atoms with van der Waals surface area (Å²) < 4.78 is 0.